The van der Waals surface area contributed by atoms with Gasteiger partial charge in [0.25, 0.3) is 16.8 Å². The Morgan fingerprint density at radius 1 is 1.07 bits per heavy atom. The number of aryl methyl sites for hydroxylation is 1. The molecule has 144 valence electrons. The number of para-hydroxylation sites is 1. The van der Waals surface area contributed by atoms with Crippen molar-refractivity contribution in [1.82, 2.24) is 0 Å². The van der Waals surface area contributed by atoms with E-state index in [0.717, 1.165) is 22.2 Å². The van der Waals surface area contributed by atoms with Crippen LogP contribution in [0.4, 0.5) is 16.2 Å². The Morgan fingerprint density at radius 3 is 2.55 bits per heavy atom. The van der Waals surface area contributed by atoms with Gasteiger partial charge in [-0.2, -0.15) is 0 Å². The fourth-order valence-electron chi connectivity index (χ4n) is 2.97. The summed E-state index contributed by atoms with van der Waals surface area (Å²) in [7, 11) is 0. The first-order chi connectivity index (χ1) is 13.9. The molecular weight excluding hydrogens is 392 g/mol. The SMILES string of the molecule is Cc1ccc(-c2ccc(/C=C3\SC(=O)N(c4ccccc4)C3=O)o2)c([N+](=O)[O-])c1. The molecule has 1 aliphatic heterocycles. The molecule has 8 heteroatoms. The minimum atomic E-state index is -0.463. The van der Waals surface area contributed by atoms with Gasteiger partial charge in [-0.3, -0.25) is 19.7 Å². The van der Waals surface area contributed by atoms with E-state index in [1.807, 2.05) is 0 Å². The zero-order valence-corrected chi connectivity index (χ0v) is 16.0. The molecule has 0 saturated carbocycles. The van der Waals surface area contributed by atoms with E-state index in [9.17, 15) is 19.7 Å². The summed E-state index contributed by atoms with van der Waals surface area (Å²) in [6.07, 6.45) is 1.47. The Morgan fingerprint density at radius 2 is 1.83 bits per heavy atom. The van der Waals surface area contributed by atoms with E-state index in [4.69, 9.17) is 4.42 Å². The quantitative estimate of drug-likeness (QED) is 0.327. The molecule has 7 nitrogen and oxygen atoms in total. The maximum Gasteiger partial charge on any atom is 0.298 e. The second kappa shape index (κ2) is 7.40. The first kappa shape index (κ1) is 18.7. The number of carbonyl (C=O) groups is 2. The number of rotatable bonds is 4. The van der Waals surface area contributed by atoms with Crippen LogP contribution < -0.4 is 4.90 Å². The number of carbonyl (C=O) groups excluding carboxylic acids is 2. The van der Waals surface area contributed by atoms with Crippen LogP contribution in [-0.4, -0.2) is 16.1 Å². The predicted octanol–water partition coefficient (Wildman–Crippen LogP) is 5.40. The Hall–Kier alpha value is -3.65. The van der Waals surface area contributed by atoms with Gasteiger partial charge in [-0.25, -0.2) is 4.90 Å². The number of anilines is 1. The zero-order chi connectivity index (χ0) is 20.5. The highest BCUT2D eigenvalue weighted by Gasteiger charge is 2.36. The molecule has 2 aromatic carbocycles. The zero-order valence-electron chi connectivity index (χ0n) is 15.2. The van der Waals surface area contributed by atoms with Crippen LogP contribution in [-0.2, 0) is 4.79 Å². The second-order valence-electron chi connectivity index (χ2n) is 6.33. The van der Waals surface area contributed by atoms with E-state index in [1.54, 1.807) is 61.5 Å². The van der Waals surface area contributed by atoms with E-state index in [0.29, 0.717) is 22.8 Å². The first-order valence-corrected chi connectivity index (χ1v) is 9.44. The van der Waals surface area contributed by atoms with Crippen molar-refractivity contribution in [3.63, 3.8) is 0 Å². The second-order valence-corrected chi connectivity index (χ2v) is 7.33. The third-order valence-electron chi connectivity index (χ3n) is 4.32. The van der Waals surface area contributed by atoms with Crippen LogP contribution in [0.3, 0.4) is 0 Å². The number of nitrogens with zero attached hydrogens (tertiary/aromatic N) is 2. The number of hydrogen-bond donors (Lipinski definition) is 0. The van der Waals surface area contributed by atoms with Gasteiger partial charge < -0.3 is 4.42 Å². The van der Waals surface area contributed by atoms with Crippen molar-refractivity contribution >= 4 is 40.4 Å². The molecule has 0 N–H and O–H groups in total. The molecule has 1 saturated heterocycles. The lowest BCUT2D eigenvalue weighted by Gasteiger charge is -2.11. The molecule has 2 amide bonds. The minimum Gasteiger partial charge on any atom is -0.456 e. The van der Waals surface area contributed by atoms with Gasteiger partial charge in [0.1, 0.15) is 11.5 Å². The number of benzene rings is 2. The van der Waals surface area contributed by atoms with Gasteiger partial charge in [0, 0.05) is 12.1 Å². The number of imide groups is 1. The van der Waals surface area contributed by atoms with Gasteiger partial charge >= 0.3 is 0 Å². The van der Waals surface area contributed by atoms with Crippen LogP contribution in [0.2, 0.25) is 0 Å². The van der Waals surface area contributed by atoms with Crippen LogP contribution in [0.5, 0.6) is 0 Å². The molecule has 0 unspecified atom stereocenters. The van der Waals surface area contributed by atoms with E-state index in [-0.39, 0.29) is 10.6 Å². The monoisotopic (exact) mass is 406 g/mol. The maximum atomic E-state index is 12.7. The van der Waals surface area contributed by atoms with Crippen molar-refractivity contribution in [2.75, 3.05) is 4.90 Å². The van der Waals surface area contributed by atoms with Crippen molar-refractivity contribution in [2.45, 2.75) is 6.92 Å². The Bertz CT molecular complexity index is 1170. The van der Waals surface area contributed by atoms with Crippen molar-refractivity contribution in [1.29, 1.82) is 0 Å². The van der Waals surface area contributed by atoms with Gasteiger partial charge in [0.05, 0.1) is 21.1 Å². The fraction of sp³-hybridized carbons (Fsp3) is 0.0476. The standard InChI is InChI=1S/C21H14N2O5S/c1-13-7-9-16(17(11-13)23(26)27)18-10-8-15(28-18)12-19-20(24)22(21(25)29-19)14-5-3-2-4-6-14/h2-12H,1H3/b19-12-. The summed E-state index contributed by atoms with van der Waals surface area (Å²) in [5.74, 6) is 0.198. The van der Waals surface area contributed by atoms with Crippen LogP contribution in [0, 0.1) is 17.0 Å². The summed E-state index contributed by atoms with van der Waals surface area (Å²) >= 11 is 0.817. The van der Waals surface area contributed by atoms with E-state index >= 15 is 0 Å². The molecule has 0 aliphatic carbocycles. The molecule has 4 rings (SSSR count). The average molecular weight is 406 g/mol. The third-order valence-corrected chi connectivity index (χ3v) is 5.19. The maximum absolute atomic E-state index is 12.7. The van der Waals surface area contributed by atoms with Crippen LogP contribution in [0.25, 0.3) is 17.4 Å². The lowest BCUT2D eigenvalue weighted by atomic mass is 10.1. The lowest BCUT2D eigenvalue weighted by Crippen LogP contribution is -2.27. The normalized spacial score (nSPS) is 15.3. The van der Waals surface area contributed by atoms with Crippen molar-refractivity contribution in [2.24, 2.45) is 0 Å². The molecule has 2 heterocycles. The summed E-state index contributed by atoms with van der Waals surface area (Å²) in [6.45, 7) is 1.77. The molecule has 1 aromatic heterocycles. The van der Waals surface area contributed by atoms with E-state index in [1.165, 1.54) is 12.1 Å². The Labute approximate surface area is 169 Å². The van der Waals surface area contributed by atoms with Crippen LogP contribution in [0.1, 0.15) is 11.3 Å². The third kappa shape index (κ3) is 3.57. The van der Waals surface area contributed by atoms with Crippen LogP contribution >= 0.6 is 11.8 Å². The molecule has 3 aromatic rings. The molecule has 29 heavy (non-hydrogen) atoms. The topological polar surface area (TPSA) is 93.7 Å². The molecule has 0 atom stereocenters. The average Bonchev–Trinajstić information content (AvgIpc) is 3.27. The summed E-state index contributed by atoms with van der Waals surface area (Å²) in [6, 6.07) is 16.7. The molecule has 0 spiro atoms. The molecular formula is C21H14N2O5S. The molecule has 1 aliphatic rings. The molecule has 1 fully saturated rings. The number of nitro benzene ring substituents is 1. The fourth-order valence-corrected chi connectivity index (χ4v) is 3.79. The summed E-state index contributed by atoms with van der Waals surface area (Å²) in [4.78, 5) is 37.2. The number of furan rings is 1. The smallest absolute Gasteiger partial charge is 0.298 e. The van der Waals surface area contributed by atoms with E-state index < -0.39 is 16.1 Å². The molecule has 0 bridgehead atoms. The van der Waals surface area contributed by atoms with Gasteiger partial charge in [0.15, 0.2) is 0 Å². The largest absolute Gasteiger partial charge is 0.456 e. The van der Waals surface area contributed by atoms with Gasteiger partial charge in [-0.15, -0.1) is 0 Å². The molecule has 0 radical (unpaired) electrons. The highest BCUT2D eigenvalue weighted by molar-refractivity contribution is 8.19. The van der Waals surface area contributed by atoms with Gasteiger partial charge in [-0.1, -0.05) is 24.3 Å². The van der Waals surface area contributed by atoms with Crippen molar-refractivity contribution < 1.29 is 18.9 Å². The van der Waals surface area contributed by atoms with Gasteiger partial charge in [-0.05, 0) is 54.6 Å². The van der Waals surface area contributed by atoms with Crippen molar-refractivity contribution in [3.05, 3.63) is 87.0 Å². The highest BCUT2D eigenvalue weighted by Crippen LogP contribution is 2.37. The number of thioether (sulfide) groups is 1. The summed E-state index contributed by atoms with van der Waals surface area (Å²) < 4.78 is 5.71. The Balaban J connectivity index is 1.65. The predicted molar refractivity (Wildman–Crippen MR) is 110 cm³/mol. The number of hydrogen-bond acceptors (Lipinski definition) is 6. The highest BCUT2D eigenvalue weighted by atomic mass is 32.2. The number of amides is 2. The van der Waals surface area contributed by atoms with Crippen LogP contribution in [0.15, 0.2) is 70.0 Å². The van der Waals surface area contributed by atoms with Crippen molar-refractivity contribution in [3.8, 4) is 11.3 Å². The Kier molecular flexibility index (Phi) is 4.77. The summed E-state index contributed by atoms with van der Waals surface area (Å²) in [5.41, 5.74) is 1.54. The minimum absolute atomic E-state index is 0.0599. The van der Waals surface area contributed by atoms with Gasteiger partial charge in [0.2, 0.25) is 0 Å². The van der Waals surface area contributed by atoms with E-state index in [2.05, 4.69) is 0 Å². The summed E-state index contributed by atoms with van der Waals surface area (Å²) in [5, 5.41) is 10.9. The first-order valence-electron chi connectivity index (χ1n) is 8.62. The lowest BCUT2D eigenvalue weighted by molar-refractivity contribution is -0.384. The number of nitro groups is 1.